The Morgan fingerprint density at radius 2 is 2.30 bits per heavy atom. The number of hydrogen-bond acceptors (Lipinski definition) is 5. The number of ether oxygens (including phenoxy) is 1. The average molecular weight is 269 g/mol. The van der Waals surface area contributed by atoms with Gasteiger partial charge in [0.2, 0.25) is 0 Å². The molecule has 3 rings (SSSR count). The summed E-state index contributed by atoms with van der Waals surface area (Å²) in [4.78, 5) is 6.57. The predicted molar refractivity (Wildman–Crippen MR) is 75.5 cm³/mol. The van der Waals surface area contributed by atoms with E-state index in [1.165, 1.54) is 0 Å². The van der Waals surface area contributed by atoms with E-state index in [4.69, 9.17) is 4.74 Å². The third-order valence-corrected chi connectivity index (χ3v) is 3.53. The molecule has 0 amide bonds. The Kier molecular flexibility index (Phi) is 3.50. The number of aliphatic hydroxyl groups excluding tert-OH is 1. The van der Waals surface area contributed by atoms with Crippen LogP contribution in [0.5, 0.6) is 0 Å². The van der Waals surface area contributed by atoms with Gasteiger partial charge < -0.3 is 14.7 Å². The maximum absolute atomic E-state index is 9.47. The highest BCUT2D eigenvalue weighted by molar-refractivity contribution is 5.83. The van der Waals surface area contributed by atoms with Gasteiger partial charge in [0.25, 0.3) is 0 Å². The molecule has 1 aliphatic rings. The molecule has 102 valence electrons. The lowest BCUT2D eigenvalue weighted by molar-refractivity contribution is 0.0723. The molecule has 1 fully saturated rings. The summed E-state index contributed by atoms with van der Waals surface area (Å²) in [6.45, 7) is 1.65. The SMILES string of the molecule is N#Cc1cc2ccccc2nc1N1CCOCC1CO. The number of aliphatic hydroxyl groups is 1. The van der Waals surface area contributed by atoms with Crippen molar-refractivity contribution in [2.75, 3.05) is 31.3 Å². The van der Waals surface area contributed by atoms with Crippen molar-refractivity contribution in [2.45, 2.75) is 6.04 Å². The first-order chi connectivity index (χ1) is 9.83. The number of nitrogens with zero attached hydrogens (tertiary/aromatic N) is 3. The van der Waals surface area contributed by atoms with Gasteiger partial charge in [-0.2, -0.15) is 5.26 Å². The maximum Gasteiger partial charge on any atom is 0.147 e. The van der Waals surface area contributed by atoms with Crippen LogP contribution in [0, 0.1) is 11.3 Å². The van der Waals surface area contributed by atoms with Gasteiger partial charge in [0.1, 0.15) is 11.9 Å². The maximum atomic E-state index is 9.47. The molecule has 2 aromatic rings. The summed E-state index contributed by atoms with van der Waals surface area (Å²) in [6, 6.07) is 11.6. The number of para-hydroxylation sites is 1. The smallest absolute Gasteiger partial charge is 0.147 e. The lowest BCUT2D eigenvalue weighted by Crippen LogP contribution is -2.48. The summed E-state index contributed by atoms with van der Waals surface area (Å²) in [6.07, 6.45) is 0. The van der Waals surface area contributed by atoms with Crippen molar-refractivity contribution in [3.05, 3.63) is 35.9 Å². The van der Waals surface area contributed by atoms with E-state index >= 15 is 0 Å². The van der Waals surface area contributed by atoms with E-state index < -0.39 is 0 Å². The first-order valence-corrected chi connectivity index (χ1v) is 6.58. The van der Waals surface area contributed by atoms with Crippen molar-refractivity contribution < 1.29 is 9.84 Å². The zero-order valence-corrected chi connectivity index (χ0v) is 11.0. The summed E-state index contributed by atoms with van der Waals surface area (Å²) in [5.74, 6) is 0.633. The number of nitriles is 1. The molecule has 1 saturated heterocycles. The van der Waals surface area contributed by atoms with E-state index in [1.807, 2.05) is 35.2 Å². The summed E-state index contributed by atoms with van der Waals surface area (Å²) in [7, 11) is 0. The Morgan fingerprint density at radius 3 is 3.10 bits per heavy atom. The van der Waals surface area contributed by atoms with Gasteiger partial charge in [-0.25, -0.2) is 4.98 Å². The van der Waals surface area contributed by atoms with Gasteiger partial charge in [-0.1, -0.05) is 18.2 Å². The van der Waals surface area contributed by atoms with Crippen LogP contribution in [0.2, 0.25) is 0 Å². The third kappa shape index (κ3) is 2.20. The van der Waals surface area contributed by atoms with E-state index in [0.29, 0.717) is 31.1 Å². The topological polar surface area (TPSA) is 69.4 Å². The van der Waals surface area contributed by atoms with Gasteiger partial charge in [-0.15, -0.1) is 0 Å². The van der Waals surface area contributed by atoms with Crippen LogP contribution in [0.25, 0.3) is 10.9 Å². The lowest BCUT2D eigenvalue weighted by atomic mass is 10.1. The van der Waals surface area contributed by atoms with Gasteiger partial charge >= 0.3 is 0 Å². The van der Waals surface area contributed by atoms with Gasteiger partial charge in [0, 0.05) is 11.9 Å². The monoisotopic (exact) mass is 269 g/mol. The molecule has 5 nitrogen and oxygen atoms in total. The average Bonchev–Trinajstić information content (AvgIpc) is 2.53. The standard InChI is InChI=1S/C15H15N3O2/c16-8-12-7-11-3-1-2-4-14(11)17-15(12)18-5-6-20-10-13(18)9-19/h1-4,7,13,19H,5-6,9-10H2. The molecule has 1 aromatic carbocycles. The molecule has 2 heterocycles. The Bertz CT molecular complexity index is 666. The highest BCUT2D eigenvalue weighted by atomic mass is 16.5. The molecular formula is C15H15N3O2. The van der Waals surface area contributed by atoms with Crippen LogP contribution < -0.4 is 4.90 Å². The van der Waals surface area contributed by atoms with Gasteiger partial charge in [-0.3, -0.25) is 0 Å². The van der Waals surface area contributed by atoms with Crippen LogP contribution in [0.4, 0.5) is 5.82 Å². The summed E-state index contributed by atoms with van der Waals surface area (Å²) in [5, 5.41) is 19.8. The van der Waals surface area contributed by atoms with Crippen LogP contribution in [-0.2, 0) is 4.74 Å². The molecule has 0 aliphatic carbocycles. The molecule has 0 saturated carbocycles. The molecule has 0 spiro atoms. The van der Waals surface area contributed by atoms with E-state index in [0.717, 1.165) is 10.9 Å². The molecule has 1 N–H and O–H groups in total. The number of anilines is 1. The zero-order valence-electron chi connectivity index (χ0n) is 11.0. The number of fused-ring (bicyclic) bond motifs is 1. The number of hydrogen-bond donors (Lipinski definition) is 1. The number of pyridine rings is 1. The second-order valence-corrected chi connectivity index (χ2v) is 4.77. The van der Waals surface area contributed by atoms with Crippen molar-refractivity contribution in [2.24, 2.45) is 0 Å². The molecule has 5 heteroatoms. The second kappa shape index (κ2) is 5.45. The Labute approximate surface area is 117 Å². The van der Waals surface area contributed by atoms with Crippen molar-refractivity contribution in [3.63, 3.8) is 0 Å². The minimum absolute atomic E-state index is 0.0145. The molecular weight excluding hydrogens is 254 g/mol. The predicted octanol–water partition coefficient (Wildman–Crippen LogP) is 1.30. The van der Waals surface area contributed by atoms with Crippen LogP contribution >= 0.6 is 0 Å². The lowest BCUT2D eigenvalue weighted by Gasteiger charge is -2.35. The number of benzene rings is 1. The number of morpholine rings is 1. The quantitative estimate of drug-likeness (QED) is 0.890. The van der Waals surface area contributed by atoms with Crippen molar-refractivity contribution in [1.29, 1.82) is 5.26 Å². The van der Waals surface area contributed by atoms with Crippen LogP contribution in [-0.4, -0.2) is 42.5 Å². The zero-order chi connectivity index (χ0) is 13.9. The van der Waals surface area contributed by atoms with E-state index in [1.54, 1.807) is 0 Å². The minimum Gasteiger partial charge on any atom is -0.394 e. The first-order valence-electron chi connectivity index (χ1n) is 6.58. The molecule has 1 aliphatic heterocycles. The molecule has 1 aromatic heterocycles. The molecule has 1 unspecified atom stereocenters. The highest BCUT2D eigenvalue weighted by Gasteiger charge is 2.25. The van der Waals surface area contributed by atoms with Crippen molar-refractivity contribution >= 4 is 16.7 Å². The Hall–Kier alpha value is -2.16. The fourth-order valence-electron chi connectivity index (χ4n) is 2.49. The van der Waals surface area contributed by atoms with E-state index in [9.17, 15) is 10.4 Å². The molecule has 20 heavy (non-hydrogen) atoms. The summed E-state index contributed by atoms with van der Waals surface area (Å²) < 4.78 is 5.37. The fraction of sp³-hybridized carbons (Fsp3) is 0.333. The van der Waals surface area contributed by atoms with Gasteiger partial charge in [0.05, 0.1) is 36.9 Å². The Morgan fingerprint density at radius 1 is 1.45 bits per heavy atom. The normalized spacial score (nSPS) is 19.0. The number of aromatic nitrogens is 1. The first kappa shape index (κ1) is 12.9. The third-order valence-electron chi connectivity index (χ3n) is 3.53. The Balaban J connectivity index is 2.11. The number of rotatable bonds is 2. The molecule has 0 bridgehead atoms. The molecule has 1 atom stereocenters. The van der Waals surface area contributed by atoms with Crippen molar-refractivity contribution in [3.8, 4) is 6.07 Å². The van der Waals surface area contributed by atoms with Crippen molar-refractivity contribution in [1.82, 2.24) is 4.98 Å². The van der Waals surface area contributed by atoms with Crippen LogP contribution in [0.3, 0.4) is 0 Å². The summed E-state index contributed by atoms with van der Waals surface area (Å²) in [5.41, 5.74) is 1.38. The minimum atomic E-state index is -0.149. The van der Waals surface area contributed by atoms with E-state index in [2.05, 4.69) is 11.1 Å². The van der Waals surface area contributed by atoms with E-state index in [-0.39, 0.29) is 12.6 Å². The fourth-order valence-corrected chi connectivity index (χ4v) is 2.49. The second-order valence-electron chi connectivity index (χ2n) is 4.77. The molecule has 0 radical (unpaired) electrons. The summed E-state index contributed by atoms with van der Waals surface area (Å²) >= 11 is 0. The van der Waals surface area contributed by atoms with Crippen LogP contribution in [0.15, 0.2) is 30.3 Å². The highest BCUT2D eigenvalue weighted by Crippen LogP contribution is 2.25. The van der Waals surface area contributed by atoms with Crippen LogP contribution in [0.1, 0.15) is 5.56 Å². The van der Waals surface area contributed by atoms with Gasteiger partial charge in [0.15, 0.2) is 0 Å². The largest absolute Gasteiger partial charge is 0.394 e. The van der Waals surface area contributed by atoms with Gasteiger partial charge in [-0.05, 0) is 12.1 Å².